The minimum absolute atomic E-state index is 0.977. The van der Waals surface area contributed by atoms with Crippen LogP contribution in [-0.2, 0) is 0 Å². The lowest BCUT2D eigenvalue weighted by Crippen LogP contribution is -2.02. The monoisotopic (exact) mass is 190 g/mol. The Bertz CT molecular complexity index is 276. The molecule has 0 spiro atoms. The van der Waals surface area contributed by atoms with E-state index >= 15 is 0 Å². The molecule has 0 heterocycles. The zero-order chi connectivity index (χ0) is 10.8. The number of benzene rings is 1. The summed E-state index contributed by atoms with van der Waals surface area (Å²) in [5.41, 5.74) is 4.92. The number of allylic oxidation sites excluding steroid dienone is 1. The summed E-state index contributed by atoms with van der Waals surface area (Å²) in [7, 11) is 0. The van der Waals surface area contributed by atoms with Crippen LogP contribution in [0.5, 0.6) is 0 Å². The molecular weight excluding hydrogens is 172 g/mol. The minimum Gasteiger partial charge on any atom is -0.279 e. The fraction of sp³-hybridized carbons (Fsp3) is 0.250. The van der Waals surface area contributed by atoms with Crippen LogP contribution in [0.1, 0.15) is 26.3 Å². The fourth-order valence-electron chi connectivity index (χ4n) is 0.999. The zero-order valence-electron chi connectivity index (χ0n) is 9.12. The Labute approximate surface area is 86.4 Å². The maximum Gasteiger partial charge on any atom is 0.0591 e. The van der Waals surface area contributed by atoms with E-state index in [1.165, 1.54) is 0 Å². The first-order valence-electron chi connectivity index (χ1n) is 4.82. The van der Waals surface area contributed by atoms with Gasteiger partial charge in [0.25, 0.3) is 0 Å². The smallest absolute Gasteiger partial charge is 0.0591 e. The molecule has 0 aliphatic heterocycles. The topological polar surface area (TPSA) is 24.4 Å². The summed E-state index contributed by atoms with van der Waals surface area (Å²) in [4.78, 5) is 0. The van der Waals surface area contributed by atoms with Crippen molar-refractivity contribution in [2.45, 2.75) is 20.8 Å². The standard InChI is InChI=1S/C10H12N2.C2H6/c1-3-10(12-11-2)9-7-5-4-6-8-9;1-2/h3-8,12H,2H2,1H3;1-2H3/b10-3-;. The van der Waals surface area contributed by atoms with Crippen molar-refractivity contribution in [3.8, 4) is 0 Å². The number of rotatable bonds is 3. The maximum absolute atomic E-state index is 3.61. The number of nitrogens with one attached hydrogen (secondary N) is 1. The molecule has 1 N–H and O–H groups in total. The normalized spacial score (nSPS) is 9.79. The Morgan fingerprint density at radius 3 is 2.29 bits per heavy atom. The lowest BCUT2D eigenvalue weighted by molar-refractivity contribution is 1.00. The van der Waals surface area contributed by atoms with Crippen molar-refractivity contribution in [1.29, 1.82) is 0 Å². The largest absolute Gasteiger partial charge is 0.279 e. The fourth-order valence-corrected chi connectivity index (χ4v) is 0.999. The molecule has 0 fully saturated rings. The second-order valence-corrected chi connectivity index (χ2v) is 2.34. The SMILES string of the molecule is C=NN/C(=C\C)c1ccccc1.CC. The van der Waals surface area contributed by atoms with Gasteiger partial charge in [-0.1, -0.05) is 50.3 Å². The van der Waals surface area contributed by atoms with Gasteiger partial charge in [0, 0.05) is 6.72 Å². The summed E-state index contributed by atoms with van der Waals surface area (Å²) in [6.45, 7) is 9.33. The first-order chi connectivity index (χ1) is 6.88. The number of hydrogen-bond acceptors (Lipinski definition) is 2. The van der Waals surface area contributed by atoms with Crippen molar-refractivity contribution in [2.24, 2.45) is 5.10 Å². The van der Waals surface area contributed by atoms with E-state index in [1.54, 1.807) is 0 Å². The molecule has 2 nitrogen and oxygen atoms in total. The minimum atomic E-state index is 0.977. The lowest BCUT2D eigenvalue weighted by Gasteiger charge is -2.04. The molecule has 0 atom stereocenters. The van der Waals surface area contributed by atoms with Gasteiger partial charge in [-0.2, -0.15) is 5.10 Å². The van der Waals surface area contributed by atoms with Crippen molar-refractivity contribution < 1.29 is 0 Å². The van der Waals surface area contributed by atoms with Gasteiger partial charge in [-0.15, -0.1) is 0 Å². The predicted octanol–water partition coefficient (Wildman–Crippen LogP) is 3.28. The molecule has 1 aromatic carbocycles. The van der Waals surface area contributed by atoms with Crippen molar-refractivity contribution in [1.82, 2.24) is 5.43 Å². The van der Waals surface area contributed by atoms with E-state index in [4.69, 9.17) is 0 Å². The average Bonchev–Trinajstić information content (AvgIpc) is 2.30. The van der Waals surface area contributed by atoms with Gasteiger partial charge >= 0.3 is 0 Å². The summed E-state index contributed by atoms with van der Waals surface area (Å²) in [5.74, 6) is 0. The Morgan fingerprint density at radius 1 is 1.29 bits per heavy atom. The van der Waals surface area contributed by atoms with Crippen LogP contribution in [0, 0.1) is 0 Å². The van der Waals surface area contributed by atoms with E-state index in [-0.39, 0.29) is 0 Å². The average molecular weight is 190 g/mol. The van der Waals surface area contributed by atoms with Crippen molar-refractivity contribution >= 4 is 12.4 Å². The maximum atomic E-state index is 3.61. The van der Waals surface area contributed by atoms with E-state index < -0.39 is 0 Å². The van der Waals surface area contributed by atoms with Gasteiger partial charge in [0.1, 0.15) is 0 Å². The van der Waals surface area contributed by atoms with Gasteiger partial charge in [-0.05, 0) is 12.5 Å². The molecule has 2 heteroatoms. The number of hydrogen-bond donors (Lipinski definition) is 1. The molecule has 0 saturated carbocycles. The molecule has 0 aromatic heterocycles. The quantitative estimate of drug-likeness (QED) is 0.574. The van der Waals surface area contributed by atoms with Crippen LogP contribution < -0.4 is 5.43 Å². The van der Waals surface area contributed by atoms with Crippen LogP contribution in [0.25, 0.3) is 5.70 Å². The third-order valence-corrected chi connectivity index (χ3v) is 1.57. The van der Waals surface area contributed by atoms with E-state index in [1.807, 2.05) is 57.2 Å². The molecule has 76 valence electrons. The summed E-state index contributed by atoms with van der Waals surface area (Å²) < 4.78 is 0. The number of nitrogens with zero attached hydrogens (tertiary/aromatic N) is 1. The van der Waals surface area contributed by atoms with Crippen LogP contribution in [0.2, 0.25) is 0 Å². The second-order valence-electron chi connectivity index (χ2n) is 2.34. The van der Waals surface area contributed by atoms with Crippen molar-refractivity contribution in [2.75, 3.05) is 0 Å². The molecule has 0 bridgehead atoms. The molecule has 0 aliphatic carbocycles. The van der Waals surface area contributed by atoms with Crippen molar-refractivity contribution in [3.63, 3.8) is 0 Å². The summed E-state index contributed by atoms with van der Waals surface area (Å²) in [6.07, 6.45) is 1.96. The highest BCUT2D eigenvalue weighted by Crippen LogP contribution is 2.09. The predicted molar refractivity (Wildman–Crippen MR) is 64.1 cm³/mol. The molecular formula is C12H18N2. The molecule has 0 radical (unpaired) electrons. The van der Waals surface area contributed by atoms with E-state index in [0.29, 0.717) is 0 Å². The zero-order valence-corrected chi connectivity index (χ0v) is 9.12. The highest BCUT2D eigenvalue weighted by molar-refractivity contribution is 5.63. The first kappa shape index (κ1) is 12.4. The first-order valence-corrected chi connectivity index (χ1v) is 4.82. The van der Waals surface area contributed by atoms with Crippen LogP contribution >= 0.6 is 0 Å². The molecule has 14 heavy (non-hydrogen) atoms. The summed E-state index contributed by atoms with van der Waals surface area (Å²) in [5, 5.41) is 3.61. The van der Waals surface area contributed by atoms with Crippen LogP contribution in [0.15, 0.2) is 41.5 Å². The van der Waals surface area contributed by atoms with Gasteiger partial charge in [-0.3, -0.25) is 5.43 Å². The van der Waals surface area contributed by atoms with Crippen LogP contribution in [0.3, 0.4) is 0 Å². The Hall–Kier alpha value is -1.57. The molecule has 0 unspecified atom stereocenters. The summed E-state index contributed by atoms with van der Waals surface area (Å²) in [6, 6.07) is 10.0. The van der Waals surface area contributed by atoms with E-state index in [0.717, 1.165) is 11.3 Å². The van der Waals surface area contributed by atoms with Gasteiger partial charge in [0.05, 0.1) is 5.70 Å². The van der Waals surface area contributed by atoms with Gasteiger partial charge in [-0.25, -0.2) is 0 Å². The number of hydrazone groups is 1. The third kappa shape index (κ3) is 3.90. The molecule has 1 rings (SSSR count). The molecule has 0 saturated heterocycles. The van der Waals surface area contributed by atoms with E-state index in [9.17, 15) is 0 Å². The molecule has 1 aromatic rings. The molecule has 0 amide bonds. The summed E-state index contributed by atoms with van der Waals surface area (Å²) >= 11 is 0. The van der Waals surface area contributed by atoms with E-state index in [2.05, 4.69) is 17.2 Å². The van der Waals surface area contributed by atoms with Crippen LogP contribution in [0.4, 0.5) is 0 Å². The van der Waals surface area contributed by atoms with Gasteiger partial charge < -0.3 is 0 Å². The Morgan fingerprint density at radius 2 is 1.86 bits per heavy atom. The molecule has 0 aliphatic rings. The highest BCUT2D eigenvalue weighted by atomic mass is 15.3. The van der Waals surface area contributed by atoms with Crippen molar-refractivity contribution in [3.05, 3.63) is 42.0 Å². The second kappa shape index (κ2) is 8.05. The Kier molecular flexibility index (Phi) is 7.15. The van der Waals surface area contributed by atoms with Gasteiger partial charge in [0.15, 0.2) is 0 Å². The van der Waals surface area contributed by atoms with Gasteiger partial charge in [0.2, 0.25) is 0 Å². The van der Waals surface area contributed by atoms with Crippen LogP contribution in [-0.4, -0.2) is 6.72 Å². The Balaban J connectivity index is 0.000000791. The highest BCUT2D eigenvalue weighted by Gasteiger charge is 1.95. The lowest BCUT2D eigenvalue weighted by atomic mass is 10.1. The third-order valence-electron chi connectivity index (χ3n) is 1.57.